The monoisotopic (exact) mass is 337 g/mol. The highest BCUT2D eigenvalue weighted by Gasteiger charge is 2.26. The number of phenols is 1. The number of hydrogen-bond donors (Lipinski definition) is 5. The van der Waals surface area contributed by atoms with Gasteiger partial charge in [0.05, 0.1) is 5.52 Å². The van der Waals surface area contributed by atoms with E-state index in [4.69, 9.17) is 21.3 Å². The number of fused-ring (bicyclic) bond motifs is 1. The molecule has 0 fully saturated rings. The van der Waals surface area contributed by atoms with E-state index >= 15 is 0 Å². The minimum atomic E-state index is -1.35. The summed E-state index contributed by atoms with van der Waals surface area (Å²) >= 11 is 0. The number of nitrogens with zero attached hydrogens (tertiary/aromatic N) is 1. The van der Waals surface area contributed by atoms with Crippen LogP contribution in [0.4, 0.5) is 0 Å². The molecule has 0 amide bonds. The number of carboxylic acids is 1. The number of aliphatic carboxylic acids is 1. The molecular formula is C15H19N3O6. The zero-order chi connectivity index (χ0) is 17.9. The summed E-state index contributed by atoms with van der Waals surface area (Å²) in [4.78, 5) is 23.0. The maximum absolute atomic E-state index is 12.0. The van der Waals surface area contributed by atoms with Crippen molar-refractivity contribution in [2.75, 3.05) is 6.54 Å². The number of esters is 1. The fourth-order valence-electron chi connectivity index (χ4n) is 2.36. The van der Waals surface area contributed by atoms with Crippen LogP contribution in [0.2, 0.25) is 0 Å². The minimum absolute atomic E-state index is 0.0000139. The van der Waals surface area contributed by atoms with E-state index in [2.05, 4.69) is 0 Å². The highest BCUT2D eigenvalue weighted by atomic mass is 16.6. The Labute approximate surface area is 137 Å². The molecule has 0 aliphatic carbocycles. The summed E-state index contributed by atoms with van der Waals surface area (Å²) in [6, 6.07) is 3.23. The van der Waals surface area contributed by atoms with Crippen molar-refractivity contribution in [3.8, 4) is 5.75 Å². The molecule has 9 heteroatoms. The van der Waals surface area contributed by atoms with Crippen molar-refractivity contribution in [2.24, 2.45) is 11.5 Å². The molecule has 0 aliphatic rings. The maximum atomic E-state index is 12.0. The van der Waals surface area contributed by atoms with Crippen LogP contribution in [0.3, 0.4) is 0 Å². The smallest absolute Gasteiger partial charge is 0.345 e. The third kappa shape index (κ3) is 3.76. The fraction of sp³-hybridized carbons (Fsp3) is 0.333. The van der Waals surface area contributed by atoms with Crippen molar-refractivity contribution in [1.29, 1.82) is 0 Å². The van der Waals surface area contributed by atoms with Gasteiger partial charge in [0, 0.05) is 24.4 Å². The van der Waals surface area contributed by atoms with Crippen LogP contribution in [-0.2, 0) is 20.7 Å². The van der Waals surface area contributed by atoms with Crippen LogP contribution < -0.4 is 11.5 Å². The van der Waals surface area contributed by atoms with Gasteiger partial charge in [-0.25, -0.2) is 4.79 Å². The van der Waals surface area contributed by atoms with Crippen molar-refractivity contribution >= 4 is 22.8 Å². The molecule has 0 spiro atoms. The number of ether oxygens (including phenoxy) is 1. The van der Waals surface area contributed by atoms with E-state index in [-0.39, 0.29) is 25.1 Å². The molecule has 0 bridgehead atoms. The molecule has 0 aliphatic heterocycles. The topological polar surface area (TPSA) is 161 Å². The largest absolute Gasteiger partial charge is 0.508 e. The molecule has 7 N–H and O–H groups in total. The molecule has 0 saturated heterocycles. The predicted octanol–water partition coefficient (Wildman–Crippen LogP) is -0.201. The molecule has 1 heterocycles. The Bertz CT molecular complexity index is 757. The van der Waals surface area contributed by atoms with E-state index in [1.165, 1.54) is 24.4 Å². The van der Waals surface area contributed by atoms with E-state index < -0.39 is 24.1 Å². The molecule has 0 saturated carbocycles. The molecule has 9 nitrogen and oxygen atoms in total. The molecular weight excluding hydrogens is 318 g/mol. The highest BCUT2D eigenvalue weighted by molar-refractivity contribution is 5.86. The third-order valence-electron chi connectivity index (χ3n) is 3.56. The number of carboxylic acid groups (broad SMARTS) is 1. The Balaban J connectivity index is 2.14. The number of hydrogen-bond acceptors (Lipinski definition) is 7. The van der Waals surface area contributed by atoms with Gasteiger partial charge < -0.3 is 31.6 Å². The molecule has 2 atom stereocenters. The van der Waals surface area contributed by atoms with Crippen molar-refractivity contribution in [1.82, 2.24) is 4.73 Å². The van der Waals surface area contributed by atoms with E-state index in [0.29, 0.717) is 16.5 Å². The number of benzene rings is 1. The quantitative estimate of drug-likeness (QED) is 0.343. The lowest BCUT2D eigenvalue weighted by Crippen LogP contribution is -2.39. The summed E-state index contributed by atoms with van der Waals surface area (Å²) in [6.45, 7) is 0.0523. The average molecular weight is 337 g/mol. The molecule has 2 aromatic rings. The fourth-order valence-corrected chi connectivity index (χ4v) is 2.36. The van der Waals surface area contributed by atoms with Crippen LogP contribution in [-0.4, -0.2) is 50.8 Å². The second-order valence-electron chi connectivity index (χ2n) is 5.35. The minimum Gasteiger partial charge on any atom is -0.508 e. The number of carbonyl (C=O) groups is 2. The Hall–Kier alpha value is -2.78. The SMILES string of the molecule is NCCC(OC(=O)C(N)Cc1cn(O)c2ccc(O)cc12)C(=O)O. The molecule has 1 aromatic heterocycles. The normalized spacial score (nSPS) is 13.6. The van der Waals surface area contributed by atoms with Gasteiger partial charge in [0.15, 0.2) is 6.10 Å². The van der Waals surface area contributed by atoms with Gasteiger partial charge in [0.1, 0.15) is 11.8 Å². The van der Waals surface area contributed by atoms with Gasteiger partial charge in [0.2, 0.25) is 0 Å². The van der Waals surface area contributed by atoms with E-state index in [9.17, 15) is 19.9 Å². The Morgan fingerprint density at radius 3 is 2.67 bits per heavy atom. The van der Waals surface area contributed by atoms with Crippen molar-refractivity contribution in [2.45, 2.75) is 25.0 Å². The van der Waals surface area contributed by atoms with Crippen LogP contribution in [0.25, 0.3) is 10.9 Å². The standard InChI is InChI=1S/C15H19N3O6/c16-4-3-13(14(20)21)24-15(22)11(17)5-8-7-18(23)12-2-1-9(19)6-10(8)12/h1-2,6-7,11,13,19,23H,3-5,16-17H2,(H,20,21). The molecule has 24 heavy (non-hydrogen) atoms. The van der Waals surface area contributed by atoms with Gasteiger partial charge in [-0.15, -0.1) is 0 Å². The number of phenolic OH excluding ortho intramolecular Hbond substituents is 1. The van der Waals surface area contributed by atoms with Gasteiger partial charge >= 0.3 is 11.9 Å². The summed E-state index contributed by atoms with van der Waals surface area (Å²) in [5.41, 5.74) is 12.0. The second-order valence-corrected chi connectivity index (χ2v) is 5.35. The zero-order valence-corrected chi connectivity index (χ0v) is 12.8. The van der Waals surface area contributed by atoms with Gasteiger partial charge in [-0.3, -0.25) is 4.79 Å². The summed E-state index contributed by atoms with van der Waals surface area (Å²) < 4.78 is 5.72. The first-order chi connectivity index (χ1) is 11.3. The lowest BCUT2D eigenvalue weighted by Gasteiger charge is -2.16. The molecule has 2 unspecified atom stereocenters. The van der Waals surface area contributed by atoms with Crippen LogP contribution in [0.1, 0.15) is 12.0 Å². The molecule has 130 valence electrons. The second kappa shape index (κ2) is 7.20. The summed E-state index contributed by atoms with van der Waals surface area (Å²) in [5.74, 6) is -2.17. The van der Waals surface area contributed by atoms with Gasteiger partial charge in [-0.05, 0) is 30.3 Å². The van der Waals surface area contributed by atoms with Gasteiger partial charge in [-0.2, -0.15) is 4.73 Å². The van der Waals surface area contributed by atoms with Crippen molar-refractivity contribution < 1.29 is 29.7 Å². The number of nitrogens with two attached hydrogens (primary N) is 2. The molecule has 2 rings (SSSR count). The maximum Gasteiger partial charge on any atom is 0.345 e. The van der Waals surface area contributed by atoms with Crippen LogP contribution >= 0.6 is 0 Å². The number of rotatable bonds is 7. The lowest BCUT2D eigenvalue weighted by molar-refractivity contribution is -0.165. The van der Waals surface area contributed by atoms with Crippen LogP contribution in [0.5, 0.6) is 5.75 Å². The Morgan fingerprint density at radius 1 is 1.33 bits per heavy atom. The number of carbonyl (C=O) groups excluding carboxylic acids is 1. The number of aromatic hydroxyl groups is 1. The predicted molar refractivity (Wildman–Crippen MR) is 83.7 cm³/mol. The average Bonchev–Trinajstić information content (AvgIpc) is 2.82. The highest BCUT2D eigenvalue weighted by Crippen LogP contribution is 2.25. The van der Waals surface area contributed by atoms with E-state index in [1.54, 1.807) is 0 Å². The zero-order valence-electron chi connectivity index (χ0n) is 12.8. The molecule has 0 radical (unpaired) electrons. The Kier molecular flexibility index (Phi) is 5.27. The van der Waals surface area contributed by atoms with Gasteiger partial charge in [-0.1, -0.05) is 0 Å². The lowest BCUT2D eigenvalue weighted by atomic mass is 10.1. The molecule has 1 aromatic carbocycles. The Morgan fingerprint density at radius 2 is 2.04 bits per heavy atom. The van der Waals surface area contributed by atoms with Crippen LogP contribution in [0.15, 0.2) is 24.4 Å². The first kappa shape index (κ1) is 17.6. The summed E-state index contributed by atoms with van der Waals surface area (Å²) in [6.07, 6.45) is 0.00171. The van der Waals surface area contributed by atoms with Crippen LogP contribution in [0, 0.1) is 0 Å². The van der Waals surface area contributed by atoms with Crippen molar-refractivity contribution in [3.63, 3.8) is 0 Å². The first-order valence-electron chi connectivity index (χ1n) is 7.24. The van der Waals surface area contributed by atoms with Gasteiger partial charge in [0.25, 0.3) is 0 Å². The number of aromatic nitrogens is 1. The third-order valence-corrected chi connectivity index (χ3v) is 3.56. The van der Waals surface area contributed by atoms with E-state index in [1.807, 2.05) is 0 Å². The first-order valence-corrected chi connectivity index (χ1v) is 7.24. The summed E-state index contributed by atoms with van der Waals surface area (Å²) in [7, 11) is 0. The summed E-state index contributed by atoms with van der Waals surface area (Å²) in [5, 5.41) is 28.9. The van der Waals surface area contributed by atoms with Crippen molar-refractivity contribution in [3.05, 3.63) is 30.0 Å². The van der Waals surface area contributed by atoms with E-state index in [0.717, 1.165) is 4.73 Å².